The molecule has 0 bridgehead atoms. The monoisotopic (exact) mass is 724 g/mol. The number of aliphatic hydroxyl groups is 1. The Hall–Kier alpha value is -4.16. The van der Waals surface area contributed by atoms with Crippen molar-refractivity contribution >= 4 is 50.5 Å². The normalized spacial score (nSPS) is 27.3. The van der Waals surface area contributed by atoms with Crippen molar-refractivity contribution in [2.24, 2.45) is 11.8 Å². The van der Waals surface area contributed by atoms with Gasteiger partial charge in [0.05, 0.1) is 35.2 Å². The van der Waals surface area contributed by atoms with Gasteiger partial charge in [-0.25, -0.2) is 0 Å². The van der Waals surface area contributed by atoms with Crippen molar-refractivity contribution in [1.82, 2.24) is 20.5 Å². The van der Waals surface area contributed by atoms with E-state index in [2.05, 4.69) is 31.5 Å². The number of nitrogens with one attached hydrogen (secondary N) is 3. The molecule has 0 saturated carbocycles. The second-order valence-electron chi connectivity index (χ2n) is 12.9. The highest BCUT2D eigenvalue weighted by atomic mass is 79.9. The molecule has 258 valence electrons. The fourth-order valence-electron chi connectivity index (χ4n) is 6.22. The number of esters is 1. The number of aliphatic hydroxyl groups excluding tert-OH is 1. The van der Waals surface area contributed by atoms with Crippen LogP contribution in [0.15, 0.2) is 64.8 Å². The van der Waals surface area contributed by atoms with Gasteiger partial charge in [-0.05, 0) is 83.9 Å². The topological polar surface area (TPSA) is 161 Å². The van der Waals surface area contributed by atoms with Crippen LogP contribution >= 0.6 is 15.9 Å². The number of benzene rings is 2. The number of amides is 3. The van der Waals surface area contributed by atoms with Gasteiger partial charge in [0.15, 0.2) is 0 Å². The number of fused-ring (bicyclic) bond motifs is 1. The SMILES string of the molecule is CC1=C[C@H](C)C(=O)N[C@@H](C)C(=O)N(C)[C@H](Cc2c(Br)[nH]c3ccccc23)C(=O)N[C@@H](c2ccc(O)cc2)CC(=O)O[C@@H](C)C[C@@H](C)[C@H]1O. The lowest BCUT2D eigenvalue weighted by molar-refractivity contribution is -0.150. The van der Waals surface area contributed by atoms with Crippen LogP contribution in [0.3, 0.4) is 0 Å². The van der Waals surface area contributed by atoms with Gasteiger partial charge in [0.2, 0.25) is 17.7 Å². The molecule has 0 fully saturated rings. The third-order valence-corrected chi connectivity index (χ3v) is 9.63. The van der Waals surface area contributed by atoms with Crippen LogP contribution in [0.4, 0.5) is 0 Å². The van der Waals surface area contributed by atoms with Crippen LogP contribution in [0.1, 0.15) is 64.6 Å². The molecule has 2 aromatic carbocycles. The van der Waals surface area contributed by atoms with Gasteiger partial charge in [-0.2, -0.15) is 0 Å². The van der Waals surface area contributed by atoms with Crippen molar-refractivity contribution in [2.45, 2.75) is 84.2 Å². The van der Waals surface area contributed by atoms with Gasteiger partial charge in [-0.1, -0.05) is 50.3 Å². The Kier molecular flexibility index (Phi) is 12.1. The van der Waals surface area contributed by atoms with Crippen molar-refractivity contribution in [2.75, 3.05) is 7.05 Å². The highest BCUT2D eigenvalue weighted by molar-refractivity contribution is 9.10. The number of H-pyrrole nitrogens is 1. The number of nitrogens with zero attached hydrogens (tertiary/aromatic N) is 1. The first-order chi connectivity index (χ1) is 22.7. The Morgan fingerprint density at radius 1 is 0.958 bits per heavy atom. The molecule has 12 heteroatoms. The molecular weight excluding hydrogens is 680 g/mol. The fraction of sp³-hybridized carbons (Fsp3) is 0.444. The molecule has 11 nitrogen and oxygen atoms in total. The van der Waals surface area contributed by atoms with Gasteiger partial charge >= 0.3 is 5.97 Å². The van der Waals surface area contributed by atoms with Crippen LogP contribution in [0.5, 0.6) is 5.75 Å². The summed E-state index contributed by atoms with van der Waals surface area (Å²) >= 11 is 3.58. The molecule has 7 atom stereocenters. The number of hydrogen-bond acceptors (Lipinski definition) is 7. The van der Waals surface area contributed by atoms with Crippen LogP contribution in [-0.2, 0) is 30.3 Å². The van der Waals surface area contributed by atoms with E-state index in [1.807, 2.05) is 31.2 Å². The van der Waals surface area contributed by atoms with Crippen molar-refractivity contribution < 1.29 is 34.1 Å². The second-order valence-corrected chi connectivity index (χ2v) is 13.7. The van der Waals surface area contributed by atoms with Gasteiger partial charge in [0, 0.05) is 24.4 Å². The highest BCUT2D eigenvalue weighted by Gasteiger charge is 2.34. The van der Waals surface area contributed by atoms with Gasteiger partial charge in [-0.15, -0.1) is 0 Å². The largest absolute Gasteiger partial charge is 0.508 e. The summed E-state index contributed by atoms with van der Waals surface area (Å²) in [5.74, 6) is -2.92. The van der Waals surface area contributed by atoms with E-state index in [1.165, 1.54) is 24.1 Å². The number of carbonyl (C=O) groups excluding carboxylic acids is 4. The quantitative estimate of drug-likeness (QED) is 0.194. The summed E-state index contributed by atoms with van der Waals surface area (Å²) in [4.78, 5) is 59.2. The molecule has 5 N–H and O–H groups in total. The number of aromatic nitrogens is 1. The number of rotatable bonds is 3. The van der Waals surface area contributed by atoms with Crippen LogP contribution in [0.25, 0.3) is 10.9 Å². The molecule has 3 aromatic rings. The molecule has 4 rings (SSSR count). The summed E-state index contributed by atoms with van der Waals surface area (Å²) in [6.07, 6.45) is 0.467. The fourth-order valence-corrected chi connectivity index (χ4v) is 6.80. The zero-order valence-electron chi connectivity index (χ0n) is 28.1. The van der Waals surface area contributed by atoms with Crippen LogP contribution in [0, 0.1) is 11.8 Å². The zero-order chi connectivity index (χ0) is 35.3. The predicted molar refractivity (Wildman–Crippen MR) is 186 cm³/mol. The lowest BCUT2D eigenvalue weighted by Crippen LogP contribution is -2.55. The number of aromatic amines is 1. The van der Waals surface area contributed by atoms with Crippen molar-refractivity contribution in [3.63, 3.8) is 0 Å². The zero-order valence-corrected chi connectivity index (χ0v) is 29.7. The van der Waals surface area contributed by atoms with Gasteiger partial charge in [0.25, 0.3) is 0 Å². The summed E-state index contributed by atoms with van der Waals surface area (Å²) in [6.45, 7) is 8.55. The Balaban J connectivity index is 1.76. The van der Waals surface area contributed by atoms with E-state index >= 15 is 0 Å². The lowest BCUT2D eigenvalue weighted by atomic mass is 9.91. The third-order valence-electron chi connectivity index (χ3n) is 8.96. The third kappa shape index (κ3) is 8.84. The molecule has 48 heavy (non-hydrogen) atoms. The van der Waals surface area contributed by atoms with Crippen molar-refractivity contribution in [3.8, 4) is 5.75 Å². The number of cyclic esters (lactones) is 1. The van der Waals surface area contributed by atoms with Gasteiger partial charge < -0.3 is 35.5 Å². The molecule has 1 aliphatic heterocycles. The average molecular weight is 726 g/mol. The van der Waals surface area contributed by atoms with Crippen molar-refractivity contribution in [1.29, 1.82) is 0 Å². The smallest absolute Gasteiger partial charge is 0.308 e. The summed E-state index contributed by atoms with van der Waals surface area (Å²) in [5, 5.41) is 27.5. The maximum absolute atomic E-state index is 14.3. The van der Waals surface area contributed by atoms with Gasteiger partial charge in [0.1, 0.15) is 17.8 Å². The van der Waals surface area contributed by atoms with E-state index in [4.69, 9.17) is 4.74 Å². The number of likely N-dealkylation sites (N-methyl/N-ethyl adjacent to an activating group) is 1. The summed E-state index contributed by atoms with van der Waals surface area (Å²) in [5.41, 5.74) is 2.76. The molecule has 3 amide bonds. The van der Waals surface area contributed by atoms with Crippen LogP contribution in [-0.4, -0.2) is 75.1 Å². The summed E-state index contributed by atoms with van der Waals surface area (Å²) < 4.78 is 6.40. The molecule has 0 saturated heterocycles. The van der Waals surface area contributed by atoms with Crippen LogP contribution < -0.4 is 10.6 Å². The highest BCUT2D eigenvalue weighted by Crippen LogP contribution is 2.30. The number of ether oxygens (including phenoxy) is 1. The second kappa shape index (κ2) is 15.8. The number of phenolic OH excluding ortho intramolecular Hbond substituents is 1. The number of carbonyl (C=O) groups is 4. The first-order valence-electron chi connectivity index (χ1n) is 16.1. The first kappa shape index (κ1) is 36.7. The van der Waals surface area contributed by atoms with Crippen LogP contribution in [0.2, 0.25) is 0 Å². The van der Waals surface area contributed by atoms with E-state index in [1.54, 1.807) is 45.9 Å². The molecule has 1 aromatic heterocycles. The number of hydrogen-bond donors (Lipinski definition) is 5. The van der Waals surface area contributed by atoms with E-state index in [9.17, 15) is 29.4 Å². The molecule has 2 heterocycles. The molecule has 0 aliphatic carbocycles. The Labute approximate surface area is 289 Å². The number of halogens is 1. The number of phenols is 1. The minimum atomic E-state index is -1.06. The summed E-state index contributed by atoms with van der Waals surface area (Å²) in [6, 6.07) is 10.9. The Morgan fingerprint density at radius 3 is 2.31 bits per heavy atom. The maximum atomic E-state index is 14.3. The minimum absolute atomic E-state index is 0.0204. The van der Waals surface area contributed by atoms with Gasteiger partial charge in [-0.3, -0.25) is 19.2 Å². The van der Waals surface area contributed by atoms with Crippen molar-refractivity contribution in [3.05, 3.63) is 75.9 Å². The molecular formula is C36H45BrN4O7. The van der Waals surface area contributed by atoms with E-state index in [0.29, 0.717) is 22.2 Å². The molecule has 0 unspecified atom stereocenters. The molecule has 0 radical (unpaired) electrons. The number of para-hydroxylation sites is 1. The Bertz CT molecular complexity index is 1670. The summed E-state index contributed by atoms with van der Waals surface area (Å²) in [7, 11) is 1.51. The van der Waals surface area contributed by atoms with E-state index in [0.717, 1.165) is 16.5 Å². The minimum Gasteiger partial charge on any atom is -0.508 e. The molecule has 0 spiro atoms. The first-order valence-corrected chi connectivity index (χ1v) is 16.9. The predicted octanol–water partition coefficient (Wildman–Crippen LogP) is 4.67. The molecule has 1 aliphatic rings. The van der Waals surface area contributed by atoms with E-state index in [-0.39, 0.29) is 24.5 Å². The average Bonchev–Trinajstić information content (AvgIpc) is 3.35. The standard InChI is InChI=1S/C36H45BrN4O7/c1-19-15-21(3)34(45)38-23(5)36(47)41(6)30(17-27-26-9-7-8-10-28(26)39-33(27)37)35(46)40-29(24-11-13-25(42)14-12-24)18-31(43)48-22(4)16-20(2)32(19)44/h7-15,20-23,29-30,32,39,42,44H,16-18H2,1-6H3,(H,38,45)(H,40,46)/t20-,21+,22+,23+,29-,30-,32+/m1/s1. The lowest BCUT2D eigenvalue weighted by Gasteiger charge is -2.31. The van der Waals surface area contributed by atoms with E-state index < -0.39 is 59.9 Å². The maximum Gasteiger partial charge on any atom is 0.308 e. The Morgan fingerprint density at radius 2 is 1.62 bits per heavy atom. The number of aromatic hydroxyl groups is 1.